The number of hydrogen-bond acceptors (Lipinski definition) is 6. The molecule has 0 N–H and O–H groups in total. The molecule has 1 amide bonds. The van der Waals surface area contributed by atoms with Crippen LogP contribution in [0, 0.1) is 11.3 Å². The Labute approximate surface area is 163 Å². The Morgan fingerprint density at radius 2 is 1.86 bits per heavy atom. The van der Waals surface area contributed by atoms with E-state index in [2.05, 4.69) is 11.2 Å². The lowest BCUT2D eigenvalue weighted by atomic mass is 10.1. The monoisotopic (exact) mass is 394 g/mol. The van der Waals surface area contributed by atoms with Crippen LogP contribution in [0.2, 0.25) is 0 Å². The zero-order valence-corrected chi connectivity index (χ0v) is 15.9. The number of nitrogens with zero attached hydrogens (tertiary/aromatic N) is 4. The Hall–Kier alpha value is -3.18. The number of nitriles is 1. The summed E-state index contributed by atoms with van der Waals surface area (Å²) in [7, 11) is -3.99. The molecular weight excluding hydrogens is 376 g/mol. The first-order chi connectivity index (χ1) is 13.5. The van der Waals surface area contributed by atoms with Gasteiger partial charge in [-0.2, -0.15) is 10.4 Å². The van der Waals surface area contributed by atoms with Crippen LogP contribution in [-0.2, 0) is 21.2 Å². The number of benzene rings is 2. The van der Waals surface area contributed by atoms with Gasteiger partial charge in [-0.25, -0.2) is 8.42 Å². The minimum absolute atomic E-state index is 0.0731. The third kappa shape index (κ3) is 3.14. The molecule has 2 aromatic carbocycles. The molecule has 2 heterocycles. The summed E-state index contributed by atoms with van der Waals surface area (Å²) in [5.74, 6) is -0.553. The first kappa shape index (κ1) is 18.2. The van der Waals surface area contributed by atoms with Gasteiger partial charge in [0.15, 0.2) is 0 Å². The van der Waals surface area contributed by atoms with E-state index in [9.17, 15) is 13.2 Å². The summed E-state index contributed by atoms with van der Waals surface area (Å²) in [5, 5.41) is 14.5. The number of amides is 1. The Balaban J connectivity index is 1.78. The van der Waals surface area contributed by atoms with Gasteiger partial charge >= 0.3 is 0 Å². The van der Waals surface area contributed by atoms with Crippen molar-refractivity contribution < 1.29 is 13.2 Å². The molecule has 1 fully saturated rings. The minimum Gasteiger partial charge on any atom is -0.337 e. The molecule has 7 nitrogen and oxygen atoms in total. The van der Waals surface area contributed by atoms with Gasteiger partial charge in [0.1, 0.15) is 0 Å². The van der Waals surface area contributed by atoms with Crippen molar-refractivity contribution in [1.82, 2.24) is 4.90 Å². The number of rotatable bonds is 3. The van der Waals surface area contributed by atoms with Crippen molar-refractivity contribution in [1.29, 1.82) is 5.26 Å². The lowest BCUT2D eigenvalue weighted by Gasteiger charge is -2.28. The van der Waals surface area contributed by atoms with Gasteiger partial charge in [-0.15, -0.1) is 0 Å². The van der Waals surface area contributed by atoms with Gasteiger partial charge in [0.05, 0.1) is 28.8 Å². The maximum absolute atomic E-state index is 13.1. The van der Waals surface area contributed by atoms with Crippen molar-refractivity contribution >= 4 is 26.5 Å². The Kier molecular flexibility index (Phi) is 4.61. The van der Waals surface area contributed by atoms with E-state index in [4.69, 9.17) is 5.26 Å². The zero-order chi connectivity index (χ0) is 19.7. The van der Waals surface area contributed by atoms with Crippen molar-refractivity contribution in [2.75, 3.05) is 18.1 Å². The van der Waals surface area contributed by atoms with E-state index in [1.54, 1.807) is 41.3 Å². The summed E-state index contributed by atoms with van der Waals surface area (Å²) in [4.78, 5) is 14.5. The predicted octanol–water partition coefficient (Wildman–Crippen LogP) is 2.29. The fourth-order valence-corrected chi connectivity index (χ4v) is 4.94. The van der Waals surface area contributed by atoms with Crippen molar-refractivity contribution in [3.8, 4) is 6.07 Å². The molecule has 1 saturated heterocycles. The van der Waals surface area contributed by atoms with Crippen LogP contribution in [0.3, 0.4) is 0 Å². The molecule has 0 bridgehead atoms. The van der Waals surface area contributed by atoms with Crippen LogP contribution in [0.1, 0.15) is 24.0 Å². The van der Waals surface area contributed by atoms with E-state index in [0.29, 0.717) is 24.3 Å². The molecule has 0 aromatic heterocycles. The molecule has 28 heavy (non-hydrogen) atoms. The smallest absolute Gasteiger partial charge is 0.286 e. The molecule has 0 saturated carbocycles. The average Bonchev–Trinajstić information content (AvgIpc) is 3.25. The van der Waals surface area contributed by atoms with Gasteiger partial charge in [0.25, 0.3) is 5.91 Å². The summed E-state index contributed by atoms with van der Waals surface area (Å²) in [6.45, 7) is 1.33. The number of fused-ring (bicyclic) bond motifs is 1. The molecule has 0 unspecified atom stereocenters. The van der Waals surface area contributed by atoms with Crippen LogP contribution >= 0.6 is 0 Å². The summed E-state index contributed by atoms with van der Waals surface area (Å²) in [6.07, 6.45) is 1.72. The zero-order valence-electron chi connectivity index (χ0n) is 15.1. The molecule has 4 rings (SSSR count). The Morgan fingerprint density at radius 3 is 2.61 bits per heavy atom. The summed E-state index contributed by atoms with van der Waals surface area (Å²) in [5.41, 5.74) is 1.72. The van der Waals surface area contributed by atoms with Gasteiger partial charge < -0.3 is 4.90 Å². The maximum Gasteiger partial charge on any atom is 0.286 e. The minimum atomic E-state index is -3.99. The van der Waals surface area contributed by atoms with Crippen molar-refractivity contribution in [3.63, 3.8) is 0 Å². The van der Waals surface area contributed by atoms with Crippen LogP contribution in [0.4, 0.5) is 5.69 Å². The predicted molar refractivity (Wildman–Crippen MR) is 104 cm³/mol. The number of sulfone groups is 1. The molecule has 8 heteroatoms. The number of carbonyl (C=O) groups excluding carboxylic acids is 1. The fourth-order valence-electron chi connectivity index (χ4n) is 3.46. The second-order valence-electron chi connectivity index (χ2n) is 6.75. The second kappa shape index (κ2) is 7.09. The van der Waals surface area contributed by atoms with Gasteiger partial charge in [0, 0.05) is 13.1 Å². The van der Waals surface area contributed by atoms with Crippen LogP contribution in [-0.4, -0.2) is 37.4 Å². The first-order valence-electron chi connectivity index (χ1n) is 8.99. The number of hydrogen-bond donors (Lipinski definition) is 0. The number of likely N-dealkylation sites (tertiary alicyclic amines) is 1. The summed E-state index contributed by atoms with van der Waals surface area (Å²) < 4.78 is 26.1. The van der Waals surface area contributed by atoms with Gasteiger partial charge in [-0.3, -0.25) is 9.80 Å². The van der Waals surface area contributed by atoms with Crippen LogP contribution < -0.4 is 5.01 Å². The SMILES string of the molecule is N#Cc1cccc(CN2N=C(C(=O)N3CCCC3)S(=O)(=O)c3ccccc32)c1. The number of para-hydroxylation sites is 1. The molecular formula is C20H18N4O3S. The highest BCUT2D eigenvalue weighted by molar-refractivity contribution is 8.08. The first-order valence-corrected chi connectivity index (χ1v) is 10.5. The largest absolute Gasteiger partial charge is 0.337 e. The van der Waals surface area contributed by atoms with E-state index in [1.165, 1.54) is 11.1 Å². The fraction of sp³-hybridized carbons (Fsp3) is 0.250. The highest BCUT2D eigenvalue weighted by atomic mass is 32.2. The molecule has 2 aliphatic heterocycles. The Morgan fingerprint density at radius 1 is 1.11 bits per heavy atom. The highest BCUT2D eigenvalue weighted by Gasteiger charge is 2.39. The second-order valence-corrected chi connectivity index (χ2v) is 8.58. The normalized spacial score (nSPS) is 17.6. The third-order valence-electron chi connectivity index (χ3n) is 4.86. The highest BCUT2D eigenvalue weighted by Crippen LogP contribution is 2.33. The maximum atomic E-state index is 13.1. The van der Waals surface area contributed by atoms with E-state index in [1.807, 2.05) is 6.07 Å². The number of hydrazone groups is 1. The van der Waals surface area contributed by atoms with Crippen LogP contribution in [0.25, 0.3) is 0 Å². The van der Waals surface area contributed by atoms with Gasteiger partial charge in [0.2, 0.25) is 14.9 Å². The quantitative estimate of drug-likeness (QED) is 0.796. The van der Waals surface area contributed by atoms with E-state index >= 15 is 0 Å². The van der Waals surface area contributed by atoms with E-state index in [-0.39, 0.29) is 11.4 Å². The van der Waals surface area contributed by atoms with Gasteiger partial charge in [-0.1, -0.05) is 24.3 Å². The van der Waals surface area contributed by atoms with Crippen molar-refractivity contribution in [2.45, 2.75) is 24.3 Å². The Bertz CT molecular complexity index is 1110. The molecule has 142 valence electrons. The van der Waals surface area contributed by atoms with Crippen molar-refractivity contribution in [3.05, 3.63) is 59.7 Å². The number of anilines is 1. The lowest BCUT2D eigenvalue weighted by Crippen LogP contribution is -2.42. The number of carbonyl (C=O) groups is 1. The van der Waals surface area contributed by atoms with Crippen LogP contribution in [0.5, 0.6) is 0 Å². The summed E-state index contributed by atoms with van der Waals surface area (Å²) >= 11 is 0. The third-order valence-corrected chi connectivity index (χ3v) is 6.55. The molecule has 2 aromatic rings. The van der Waals surface area contributed by atoms with Crippen molar-refractivity contribution in [2.24, 2.45) is 5.10 Å². The average molecular weight is 394 g/mol. The van der Waals surface area contributed by atoms with E-state index < -0.39 is 20.8 Å². The standard InChI is InChI=1S/C20H18N4O3S/c21-13-15-6-5-7-16(12-15)14-24-17-8-1-2-9-18(17)28(26,27)19(22-24)20(25)23-10-3-4-11-23/h1-2,5-9,12H,3-4,10-11,14H2. The van der Waals surface area contributed by atoms with E-state index in [0.717, 1.165) is 18.4 Å². The topological polar surface area (TPSA) is 93.8 Å². The van der Waals surface area contributed by atoms with Gasteiger partial charge in [-0.05, 0) is 42.7 Å². The molecule has 0 radical (unpaired) electrons. The van der Waals surface area contributed by atoms with Crippen LogP contribution in [0.15, 0.2) is 58.5 Å². The lowest BCUT2D eigenvalue weighted by molar-refractivity contribution is -0.122. The summed E-state index contributed by atoms with van der Waals surface area (Å²) in [6, 6.07) is 15.6. The molecule has 0 atom stereocenters. The molecule has 0 spiro atoms. The molecule has 2 aliphatic rings. The molecule has 0 aliphatic carbocycles.